The van der Waals surface area contributed by atoms with Crippen molar-refractivity contribution in [2.45, 2.75) is 25.4 Å². The highest BCUT2D eigenvalue weighted by Crippen LogP contribution is 2.27. The van der Waals surface area contributed by atoms with E-state index in [4.69, 9.17) is 25.3 Å². The van der Waals surface area contributed by atoms with Crippen LogP contribution in [0.5, 0.6) is 11.5 Å². The van der Waals surface area contributed by atoms with Gasteiger partial charge in [0.25, 0.3) is 0 Å². The van der Waals surface area contributed by atoms with Gasteiger partial charge >= 0.3 is 0 Å². The van der Waals surface area contributed by atoms with E-state index in [1.807, 2.05) is 53.2 Å². The van der Waals surface area contributed by atoms with Crippen LogP contribution in [0.4, 0.5) is 10.3 Å². The van der Waals surface area contributed by atoms with Gasteiger partial charge in [0.2, 0.25) is 5.95 Å². The maximum atomic E-state index is 12.6. The molecule has 0 amide bonds. The lowest BCUT2D eigenvalue weighted by Gasteiger charge is -2.08. The fourth-order valence-electron chi connectivity index (χ4n) is 3.01. The van der Waals surface area contributed by atoms with E-state index in [0.29, 0.717) is 36.1 Å². The molecule has 4 rings (SSSR count). The number of ether oxygens (including phenoxy) is 2. The minimum absolute atomic E-state index is 0.122. The van der Waals surface area contributed by atoms with Gasteiger partial charge in [0.15, 0.2) is 5.82 Å². The Balaban J connectivity index is 1.51. The van der Waals surface area contributed by atoms with Crippen LogP contribution in [0.3, 0.4) is 0 Å². The lowest BCUT2D eigenvalue weighted by atomic mass is 10.2. The fraction of sp³-hybridized carbons (Fsp3) is 0.304. The molecule has 3 N–H and O–H groups in total. The summed E-state index contributed by atoms with van der Waals surface area (Å²) in [5.74, 6) is 2.84. The molecule has 1 aliphatic carbocycles. The van der Waals surface area contributed by atoms with Crippen molar-refractivity contribution < 1.29 is 13.9 Å². The number of nitrogens with two attached hydrogens (primary N) is 1. The van der Waals surface area contributed by atoms with Crippen LogP contribution in [0.2, 0.25) is 0 Å². The second kappa shape index (κ2) is 9.61. The third kappa shape index (κ3) is 5.40. The van der Waals surface area contributed by atoms with Crippen molar-refractivity contribution in [1.29, 1.82) is 0 Å². The molecule has 1 saturated carbocycles. The molecular formula is C23H26FN5O2. The molecule has 8 heteroatoms. The number of nitrogens with zero attached hydrogens (tertiary/aromatic N) is 3. The van der Waals surface area contributed by atoms with E-state index in [1.165, 1.54) is 0 Å². The third-order valence-corrected chi connectivity index (χ3v) is 5.03. The molecule has 3 aromatic rings. The van der Waals surface area contributed by atoms with Crippen LogP contribution in [0.1, 0.15) is 18.4 Å². The first-order chi connectivity index (χ1) is 15.2. The molecule has 0 aliphatic heterocycles. The molecule has 1 fully saturated rings. The first-order valence-electron chi connectivity index (χ1n) is 10.2. The molecule has 7 nitrogen and oxygen atoms in total. The smallest absolute Gasteiger partial charge is 0.222 e. The van der Waals surface area contributed by atoms with Crippen LogP contribution in [0.25, 0.3) is 11.4 Å². The van der Waals surface area contributed by atoms with Crippen molar-refractivity contribution >= 4 is 5.95 Å². The minimum Gasteiger partial charge on any atom is -0.497 e. The Labute approximate surface area is 180 Å². The summed E-state index contributed by atoms with van der Waals surface area (Å²) in [6, 6.07) is 15.8. The molecule has 1 aromatic heterocycles. The number of nitrogens with one attached hydrogen (secondary N) is 1. The van der Waals surface area contributed by atoms with Gasteiger partial charge in [0.05, 0.1) is 20.0 Å². The van der Waals surface area contributed by atoms with E-state index < -0.39 is 0 Å². The van der Waals surface area contributed by atoms with E-state index in [9.17, 15) is 4.39 Å². The average molecular weight is 423 g/mol. The second-order valence-corrected chi connectivity index (χ2v) is 7.47. The number of aromatic nitrogens is 3. The second-order valence-electron chi connectivity index (χ2n) is 7.47. The zero-order chi connectivity index (χ0) is 21.6. The lowest BCUT2D eigenvalue weighted by Crippen LogP contribution is -2.11. The Kier molecular flexibility index (Phi) is 6.47. The summed E-state index contributed by atoms with van der Waals surface area (Å²) in [5.41, 5.74) is 7.84. The topological polar surface area (TPSA) is 87.2 Å². The fourth-order valence-corrected chi connectivity index (χ4v) is 3.01. The zero-order valence-corrected chi connectivity index (χ0v) is 17.4. The normalized spacial score (nSPS) is 13.8. The highest BCUT2D eigenvalue weighted by Gasteiger charge is 2.24. The molecule has 0 unspecified atom stereocenters. The monoisotopic (exact) mass is 423 g/mol. The van der Waals surface area contributed by atoms with Crippen LogP contribution in [-0.4, -0.2) is 41.1 Å². The van der Waals surface area contributed by atoms with E-state index >= 15 is 0 Å². The summed E-state index contributed by atoms with van der Waals surface area (Å²) < 4.78 is 25.3. The summed E-state index contributed by atoms with van der Waals surface area (Å²) in [5, 5.41) is 8.19. The largest absolute Gasteiger partial charge is 0.497 e. The van der Waals surface area contributed by atoms with Gasteiger partial charge in [-0.2, -0.15) is 4.98 Å². The zero-order valence-electron chi connectivity index (χ0n) is 17.4. The Morgan fingerprint density at radius 3 is 2.48 bits per heavy atom. The Hall–Kier alpha value is -3.39. The Morgan fingerprint density at radius 2 is 1.87 bits per heavy atom. The number of benzene rings is 2. The van der Waals surface area contributed by atoms with Crippen molar-refractivity contribution in [3.05, 3.63) is 66.0 Å². The molecule has 0 radical (unpaired) electrons. The molecular weight excluding hydrogens is 397 g/mol. The predicted octanol–water partition coefficient (Wildman–Crippen LogP) is 3.77. The van der Waals surface area contributed by atoms with Crippen LogP contribution in [0.15, 0.2) is 60.4 Å². The average Bonchev–Trinajstić information content (AvgIpc) is 3.55. The number of methoxy groups -OCH3 is 1. The van der Waals surface area contributed by atoms with Crippen LogP contribution < -0.4 is 20.5 Å². The quantitative estimate of drug-likeness (QED) is 0.516. The maximum absolute atomic E-state index is 12.6. The van der Waals surface area contributed by atoms with Gasteiger partial charge in [0.1, 0.15) is 18.1 Å². The number of anilines is 1. The van der Waals surface area contributed by atoms with Gasteiger partial charge in [-0.1, -0.05) is 12.1 Å². The van der Waals surface area contributed by atoms with Gasteiger partial charge in [0, 0.05) is 23.7 Å². The van der Waals surface area contributed by atoms with E-state index in [2.05, 4.69) is 5.32 Å². The molecule has 1 aliphatic rings. The Bertz CT molecular complexity index is 1030. The van der Waals surface area contributed by atoms with E-state index in [0.717, 1.165) is 35.7 Å². The summed E-state index contributed by atoms with van der Waals surface area (Å²) in [6.07, 6.45) is 2.78. The molecule has 0 spiro atoms. The van der Waals surface area contributed by atoms with E-state index in [-0.39, 0.29) is 13.2 Å². The van der Waals surface area contributed by atoms with Crippen LogP contribution in [0, 0.1) is 0 Å². The van der Waals surface area contributed by atoms with Crippen molar-refractivity contribution in [2.24, 2.45) is 5.73 Å². The van der Waals surface area contributed by atoms with E-state index in [1.54, 1.807) is 7.11 Å². The molecule has 2 aromatic carbocycles. The number of halogens is 1. The highest BCUT2D eigenvalue weighted by molar-refractivity contribution is 5.58. The number of rotatable bonds is 10. The summed E-state index contributed by atoms with van der Waals surface area (Å²) in [4.78, 5) is 4.72. The SMILES string of the molecule is COc1ccc(Cn2nc(-c3ccc(OC/C(=C\F)CN)cc3)nc2NC2CC2)cc1. The van der Waals surface area contributed by atoms with Crippen molar-refractivity contribution in [2.75, 3.05) is 25.6 Å². The molecule has 162 valence electrons. The molecule has 1 heterocycles. The Morgan fingerprint density at radius 1 is 1.16 bits per heavy atom. The third-order valence-electron chi connectivity index (χ3n) is 5.03. The molecule has 0 atom stereocenters. The van der Waals surface area contributed by atoms with Crippen molar-refractivity contribution in [3.63, 3.8) is 0 Å². The maximum Gasteiger partial charge on any atom is 0.222 e. The number of hydrogen-bond donors (Lipinski definition) is 2. The summed E-state index contributed by atoms with van der Waals surface area (Å²) in [7, 11) is 1.65. The predicted molar refractivity (Wildman–Crippen MR) is 118 cm³/mol. The number of hydrogen-bond acceptors (Lipinski definition) is 6. The van der Waals surface area contributed by atoms with Gasteiger partial charge in [-0.05, 0) is 54.8 Å². The van der Waals surface area contributed by atoms with Crippen molar-refractivity contribution in [1.82, 2.24) is 14.8 Å². The van der Waals surface area contributed by atoms with Gasteiger partial charge in [-0.3, -0.25) is 0 Å². The lowest BCUT2D eigenvalue weighted by molar-refractivity contribution is 0.347. The minimum atomic E-state index is 0.122. The summed E-state index contributed by atoms with van der Waals surface area (Å²) >= 11 is 0. The van der Waals surface area contributed by atoms with Gasteiger partial charge < -0.3 is 20.5 Å². The standard InChI is InChI=1S/C23H26FN5O2/c1-30-20-8-2-16(3-9-20)14-29-23(26-19-6-7-19)27-22(28-29)18-4-10-21(11-5-18)31-15-17(12-24)13-25/h2-5,8-12,19H,6-7,13-15,25H2,1H3,(H,26,27,28)/b17-12-. The van der Waals surface area contributed by atoms with Crippen LogP contribution in [-0.2, 0) is 6.54 Å². The first-order valence-corrected chi connectivity index (χ1v) is 10.2. The molecule has 31 heavy (non-hydrogen) atoms. The molecule has 0 saturated heterocycles. The first kappa shape index (κ1) is 20.9. The van der Waals surface area contributed by atoms with Gasteiger partial charge in [-0.25, -0.2) is 9.07 Å². The van der Waals surface area contributed by atoms with Gasteiger partial charge in [-0.15, -0.1) is 5.10 Å². The highest BCUT2D eigenvalue weighted by atomic mass is 19.1. The van der Waals surface area contributed by atoms with Crippen LogP contribution >= 0.6 is 0 Å². The van der Waals surface area contributed by atoms with Crippen molar-refractivity contribution in [3.8, 4) is 22.9 Å². The molecule has 0 bridgehead atoms. The summed E-state index contributed by atoms with van der Waals surface area (Å²) in [6.45, 7) is 0.849.